The van der Waals surface area contributed by atoms with E-state index in [0.717, 1.165) is 19.6 Å². The van der Waals surface area contributed by atoms with Crippen LogP contribution >= 0.6 is 0 Å². The Morgan fingerprint density at radius 3 is 1.68 bits per heavy atom. The van der Waals surface area contributed by atoms with Crippen LogP contribution in [0.5, 0.6) is 0 Å². The van der Waals surface area contributed by atoms with Gasteiger partial charge in [-0.1, -0.05) is 26.0 Å². The van der Waals surface area contributed by atoms with Crippen LogP contribution in [0.1, 0.15) is 47.0 Å². The molecule has 1 saturated carbocycles. The van der Waals surface area contributed by atoms with Crippen LogP contribution in [0.2, 0.25) is 0 Å². The first kappa shape index (κ1) is 52.9. The van der Waals surface area contributed by atoms with Gasteiger partial charge in [-0.3, -0.25) is 9.59 Å². The summed E-state index contributed by atoms with van der Waals surface area (Å²) < 4.78 is 50.3. The van der Waals surface area contributed by atoms with Gasteiger partial charge in [0.2, 0.25) is 12.6 Å². The van der Waals surface area contributed by atoms with E-state index in [1.165, 1.54) is 19.1 Å². The Hall–Kier alpha value is -4.08. The summed E-state index contributed by atoms with van der Waals surface area (Å²) in [4.78, 5) is 52.6. The van der Waals surface area contributed by atoms with Crippen molar-refractivity contribution in [1.82, 2.24) is 0 Å². The molecular weight excluding hydrogens is 884 g/mol. The van der Waals surface area contributed by atoms with Gasteiger partial charge in [-0.2, -0.15) is 0 Å². The van der Waals surface area contributed by atoms with E-state index < -0.39 is 154 Å². The molecule has 0 aromatic carbocycles. The van der Waals surface area contributed by atoms with Gasteiger partial charge < -0.3 is 93.7 Å². The summed E-state index contributed by atoms with van der Waals surface area (Å²) in [6.45, 7) is 4.74. The number of aliphatic carboxylic acids is 1. The molecule has 2 saturated heterocycles. The van der Waals surface area contributed by atoms with E-state index in [1.54, 1.807) is 20.8 Å². The molecule has 10 N–H and O–H groups in total. The Morgan fingerprint density at radius 2 is 1.23 bits per heavy atom. The largest absolute Gasteiger partial charge is 0.478 e. The van der Waals surface area contributed by atoms with Gasteiger partial charge in [-0.05, 0) is 38.0 Å². The van der Waals surface area contributed by atoms with Crippen LogP contribution < -0.4 is 0 Å². The molecule has 19 unspecified atom stereocenters. The average molecular weight is 947 g/mol. The van der Waals surface area contributed by atoms with Crippen molar-refractivity contribution in [3.8, 4) is 0 Å². The van der Waals surface area contributed by atoms with Crippen molar-refractivity contribution in [2.75, 3.05) is 33.5 Å². The second kappa shape index (κ2) is 23.3. The lowest BCUT2D eigenvalue weighted by Crippen LogP contribution is -2.60. The summed E-state index contributed by atoms with van der Waals surface area (Å²) in [5.74, 6) is -7.72. The second-order valence-electron chi connectivity index (χ2n) is 16.9. The highest BCUT2D eigenvalue weighted by molar-refractivity contribution is 5.91. The Kier molecular flexibility index (Phi) is 18.7. The normalized spacial score (nSPS) is 39.8. The predicted molar refractivity (Wildman–Crippen MR) is 217 cm³/mol. The third-order valence-electron chi connectivity index (χ3n) is 13.1. The van der Waals surface area contributed by atoms with Crippen LogP contribution in [0, 0.1) is 35.5 Å². The minimum absolute atomic E-state index is 0.0811. The average Bonchev–Trinajstić information content (AvgIpc) is 3.61. The number of aliphatic hydroxyl groups is 9. The van der Waals surface area contributed by atoms with Gasteiger partial charge in [-0.15, -0.1) is 0 Å². The molecule has 0 spiro atoms. The first-order chi connectivity index (χ1) is 31.3. The van der Waals surface area contributed by atoms with E-state index in [1.807, 2.05) is 0 Å². The number of ether oxygens (including phenoxy) is 9. The first-order valence-corrected chi connectivity index (χ1v) is 21.6. The van der Waals surface area contributed by atoms with E-state index in [9.17, 15) is 70.2 Å². The fraction of sp³-hybridized carbons (Fsp3) is 0.721. The van der Waals surface area contributed by atoms with Crippen LogP contribution in [0.3, 0.4) is 0 Å². The molecule has 0 aromatic heterocycles. The molecule has 3 fully saturated rings. The maximum atomic E-state index is 13.7. The van der Waals surface area contributed by atoms with E-state index >= 15 is 0 Å². The highest BCUT2D eigenvalue weighted by Crippen LogP contribution is 2.44. The monoisotopic (exact) mass is 946 g/mol. The molecule has 5 rings (SSSR count). The Labute approximate surface area is 379 Å². The Bertz CT molecular complexity index is 1830. The number of carboxylic acids is 1. The third-order valence-corrected chi connectivity index (χ3v) is 13.1. The lowest BCUT2D eigenvalue weighted by atomic mass is 9.83. The third kappa shape index (κ3) is 11.4. The number of methoxy groups -OCH3 is 1. The minimum Gasteiger partial charge on any atom is -0.478 e. The summed E-state index contributed by atoms with van der Waals surface area (Å²) in [5, 5.41) is 101. The van der Waals surface area contributed by atoms with E-state index in [0.29, 0.717) is 0 Å². The van der Waals surface area contributed by atoms with Gasteiger partial charge in [0.1, 0.15) is 54.9 Å². The summed E-state index contributed by atoms with van der Waals surface area (Å²) in [6, 6.07) is 0. The maximum absolute atomic E-state index is 13.7. The molecule has 0 radical (unpaired) electrons. The van der Waals surface area contributed by atoms with Gasteiger partial charge in [-0.25, -0.2) is 9.59 Å². The maximum Gasteiger partial charge on any atom is 0.337 e. The molecule has 5 aliphatic rings. The molecule has 4 aliphatic heterocycles. The molecule has 0 amide bonds. The van der Waals surface area contributed by atoms with Gasteiger partial charge in [0.25, 0.3) is 0 Å². The Morgan fingerprint density at radius 1 is 0.742 bits per heavy atom. The first-order valence-electron chi connectivity index (χ1n) is 21.6. The van der Waals surface area contributed by atoms with Crippen molar-refractivity contribution in [1.29, 1.82) is 0 Å². The smallest absolute Gasteiger partial charge is 0.337 e. The highest BCUT2D eigenvalue weighted by Gasteiger charge is 2.50. The van der Waals surface area contributed by atoms with Gasteiger partial charge in [0.15, 0.2) is 12.6 Å². The van der Waals surface area contributed by atoms with Gasteiger partial charge in [0.05, 0.1) is 63.4 Å². The molecule has 0 aromatic rings. The number of esters is 3. The van der Waals surface area contributed by atoms with Crippen LogP contribution in [0.25, 0.3) is 0 Å². The molecule has 23 nitrogen and oxygen atoms in total. The molecular formula is C43H62O23. The van der Waals surface area contributed by atoms with Crippen molar-refractivity contribution in [3.05, 3.63) is 47.0 Å². The van der Waals surface area contributed by atoms with E-state index in [-0.39, 0.29) is 53.8 Å². The standard InChI is InChI=1S/C43H62O23/c1-6-19-22(25(38(55)56)15-60-40(19)65-42-36(53)34(51)32(49)28(12-45)63-42)10-31(48)62-27-8-21(17(3)11-44)24(18(27)4)14-59-30(47)9-23-20(7-2)41(61-16-26(23)39(57)58-5)66-43-37(54)35(52)33(50)29(13-46)64-43/h6-7,15-18,21-24,27-29,32-37,40-46,49-54H,8-14H2,1-5H3,(H,55,56). The minimum atomic E-state index is -1.80. The van der Waals surface area contributed by atoms with Crippen LogP contribution in [-0.2, 0) is 61.8 Å². The second-order valence-corrected chi connectivity index (χ2v) is 16.9. The molecule has 1 aliphatic carbocycles. The topological polar surface area (TPSA) is 354 Å². The zero-order valence-corrected chi connectivity index (χ0v) is 37.0. The van der Waals surface area contributed by atoms with Crippen LogP contribution in [-0.4, -0.2) is 189 Å². The lowest BCUT2D eigenvalue weighted by molar-refractivity contribution is -0.327. The van der Waals surface area contributed by atoms with Gasteiger partial charge >= 0.3 is 23.9 Å². The lowest BCUT2D eigenvalue weighted by Gasteiger charge is -2.41. The van der Waals surface area contributed by atoms with Crippen molar-refractivity contribution in [2.24, 2.45) is 35.5 Å². The summed E-state index contributed by atoms with van der Waals surface area (Å²) in [5.41, 5.74) is -0.0738. The fourth-order valence-corrected chi connectivity index (χ4v) is 9.08. The highest BCUT2D eigenvalue weighted by atomic mass is 16.8. The number of aliphatic hydroxyl groups excluding tert-OH is 9. The predicted octanol–water partition coefficient (Wildman–Crippen LogP) is -2.38. The number of hydrogen-bond acceptors (Lipinski definition) is 22. The van der Waals surface area contributed by atoms with E-state index in [4.69, 9.17) is 42.6 Å². The van der Waals surface area contributed by atoms with Crippen molar-refractivity contribution >= 4 is 23.9 Å². The molecule has 23 heteroatoms. The van der Waals surface area contributed by atoms with E-state index in [2.05, 4.69) is 0 Å². The zero-order chi connectivity index (χ0) is 48.7. The number of carboxylic acid groups (broad SMARTS) is 1. The summed E-state index contributed by atoms with van der Waals surface area (Å²) >= 11 is 0. The van der Waals surface area contributed by atoms with Crippen LogP contribution in [0.15, 0.2) is 47.0 Å². The number of carbonyl (C=O) groups excluding carboxylic acids is 3. The zero-order valence-electron chi connectivity index (χ0n) is 37.0. The molecule has 372 valence electrons. The van der Waals surface area contributed by atoms with Crippen molar-refractivity contribution in [2.45, 2.75) is 127 Å². The molecule has 4 heterocycles. The molecule has 19 atom stereocenters. The quantitative estimate of drug-likeness (QED) is 0.0413. The molecule has 0 bridgehead atoms. The molecule has 66 heavy (non-hydrogen) atoms. The number of allylic oxidation sites excluding steroid dienone is 2. The number of carbonyl (C=O) groups is 4. The Balaban J connectivity index is 1.26. The number of rotatable bonds is 17. The fourth-order valence-electron chi connectivity index (χ4n) is 9.08. The summed E-state index contributed by atoms with van der Waals surface area (Å²) in [6.07, 6.45) is -15.8. The SMILES string of the molecule is CC=C1C(OC2OC(CO)C(O)C(O)C2O)OC=C(C(=O)O)C1CC(=O)OC1CC(C(C)CO)C(COC(=O)CC2C(C(=O)OC)=COC(OC3OC(CO)C(O)C(O)C3O)C2=CC)C1C. The summed E-state index contributed by atoms with van der Waals surface area (Å²) in [7, 11) is 1.13. The van der Waals surface area contributed by atoms with Crippen LogP contribution in [0.4, 0.5) is 0 Å². The van der Waals surface area contributed by atoms with Crippen molar-refractivity contribution in [3.63, 3.8) is 0 Å². The van der Waals surface area contributed by atoms with Crippen molar-refractivity contribution < 1.29 is 113 Å². The van der Waals surface area contributed by atoms with Gasteiger partial charge in [0, 0.05) is 35.5 Å². The number of hydrogen-bond donors (Lipinski definition) is 10.